The van der Waals surface area contributed by atoms with E-state index < -0.39 is 0 Å². The number of unbranched alkanes of at least 4 members (excludes halogenated alkanes) is 2. The Labute approximate surface area is 142 Å². The molecule has 0 fully saturated rings. The lowest BCUT2D eigenvalue weighted by molar-refractivity contribution is 0.0519. The molecule has 1 aliphatic rings. The van der Waals surface area contributed by atoms with E-state index in [1.54, 1.807) is 0 Å². The first-order valence-electron chi connectivity index (χ1n) is 9.47. The molecule has 0 amide bonds. The Hall–Kier alpha value is -1.18. The van der Waals surface area contributed by atoms with Crippen LogP contribution in [0.15, 0.2) is 12.1 Å². The average molecular weight is 319 g/mol. The Morgan fingerprint density at radius 2 is 2.00 bits per heavy atom. The summed E-state index contributed by atoms with van der Waals surface area (Å²) in [6.45, 7) is 9.01. The van der Waals surface area contributed by atoms with E-state index in [4.69, 9.17) is 4.74 Å². The zero-order valence-corrected chi connectivity index (χ0v) is 15.5. The second-order valence-electron chi connectivity index (χ2n) is 7.89. The number of rotatable bonds is 8. The van der Waals surface area contributed by atoms with Crippen LogP contribution in [0.5, 0.6) is 11.5 Å². The molecular weight excluding hydrogens is 284 g/mol. The van der Waals surface area contributed by atoms with E-state index >= 15 is 0 Å². The Balaban J connectivity index is 2.05. The van der Waals surface area contributed by atoms with Gasteiger partial charge in [0.15, 0.2) is 0 Å². The number of aromatic hydroxyl groups is 1. The van der Waals surface area contributed by atoms with Crippen LogP contribution < -0.4 is 4.74 Å². The van der Waals surface area contributed by atoms with E-state index in [-0.39, 0.29) is 5.60 Å². The van der Waals surface area contributed by atoms with Crippen molar-refractivity contribution in [1.82, 2.24) is 0 Å². The summed E-state index contributed by atoms with van der Waals surface area (Å²) in [5.74, 6) is 2.11. The van der Waals surface area contributed by atoms with Gasteiger partial charge in [0.1, 0.15) is 17.1 Å². The van der Waals surface area contributed by atoms with E-state index in [1.807, 2.05) is 6.07 Å². The molecule has 0 aliphatic carbocycles. The first kappa shape index (κ1) is 18.2. The quantitative estimate of drug-likeness (QED) is 0.592. The third-order valence-electron chi connectivity index (χ3n) is 5.06. The van der Waals surface area contributed by atoms with Gasteiger partial charge in [-0.2, -0.15) is 0 Å². The lowest BCUT2D eigenvalue weighted by Gasteiger charge is -2.36. The van der Waals surface area contributed by atoms with Crippen LogP contribution in [0.2, 0.25) is 0 Å². The van der Waals surface area contributed by atoms with Crippen molar-refractivity contribution in [2.45, 2.75) is 91.1 Å². The van der Waals surface area contributed by atoms with E-state index in [1.165, 1.54) is 37.7 Å². The van der Waals surface area contributed by atoms with Gasteiger partial charge in [0.05, 0.1) is 0 Å². The summed E-state index contributed by atoms with van der Waals surface area (Å²) >= 11 is 0. The predicted molar refractivity (Wildman–Crippen MR) is 97.4 cm³/mol. The maximum Gasteiger partial charge on any atom is 0.127 e. The van der Waals surface area contributed by atoms with Gasteiger partial charge in [-0.3, -0.25) is 0 Å². The van der Waals surface area contributed by atoms with E-state index in [2.05, 4.69) is 33.8 Å². The van der Waals surface area contributed by atoms with E-state index in [9.17, 15) is 5.11 Å². The largest absolute Gasteiger partial charge is 0.508 e. The highest BCUT2D eigenvalue weighted by Crippen LogP contribution is 2.41. The first-order valence-corrected chi connectivity index (χ1v) is 9.47. The van der Waals surface area contributed by atoms with Crippen molar-refractivity contribution in [3.8, 4) is 11.5 Å². The topological polar surface area (TPSA) is 29.5 Å². The molecular formula is C21H34O2. The molecule has 0 saturated heterocycles. The summed E-state index contributed by atoms with van der Waals surface area (Å²) in [5, 5.41) is 10.3. The molecule has 0 bridgehead atoms. The average Bonchev–Trinajstić information content (AvgIpc) is 2.46. The second kappa shape index (κ2) is 8.08. The summed E-state index contributed by atoms with van der Waals surface area (Å²) in [6.07, 6.45) is 10.2. The van der Waals surface area contributed by atoms with Crippen LogP contribution in [0.25, 0.3) is 0 Å². The van der Waals surface area contributed by atoms with Gasteiger partial charge in [0.2, 0.25) is 0 Å². The molecule has 1 unspecified atom stereocenters. The summed E-state index contributed by atoms with van der Waals surface area (Å²) in [6, 6.07) is 4.11. The Morgan fingerprint density at radius 1 is 1.22 bits per heavy atom. The van der Waals surface area contributed by atoms with Crippen molar-refractivity contribution in [3.63, 3.8) is 0 Å². The van der Waals surface area contributed by atoms with Gasteiger partial charge >= 0.3 is 0 Å². The van der Waals surface area contributed by atoms with Crippen LogP contribution in [0, 0.1) is 5.92 Å². The molecule has 2 rings (SSSR count). The number of benzene rings is 1. The third kappa shape index (κ3) is 5.16. The molecule has 0 saturated carbocycles. The number of hydrogen-bond donors (Lipinski definition) is 1. The van der Waals surface area contributed by atoms with Crippen LogP contribution in [0.4, 0.5) is 0 Å². The minimum absolute atomic E-state index is 0.0730. The highest BCUT2D eigenvalue weighted by atomic mass is 16.5. The van der Waals surface area contributed by atoms with Gasteiger partial charge in [-0.05, 0) is 69.1 Å². The molecule has 1 aromatic rings. The summed E-state index contributed by atoms with van der Waals surface area (Å²) in [4.78, 5) is 0. The van der Waals surface area contributed by atoms with E-state index in [0.29, 0.717) is 5.75 Å². The van der Waals surface area contributed by atoms with Crippen molar-refractivity contribution >= 4 is 0 Å². The molecule has 1 aromatic carbocycles. The van der Waals surface area contributed by atoms with Gasteiger partial charge in [-0.25, -0.2) is 0 Å². The number of aryl methyl sites for hydroxylation is 1. The molecule has 0 spiro atoms. The minimum atomic E-state index is -0.0730. The van der Waals surface area contributed by atoms with Gasteiger partial charge in [-0.1, -0.05) is 40.0 Å². The lowest BCUT2D eigenvalue weighted by atomic mass is 9.86. The molecule has 2 heteroatoms. The van der Waals surface area contributed by atoms with Crippen molar-refractivity contribution in [3.05, 3.63) is 23.3 Å². The fourth-order valence-electron chi connectivity index (χ4n) is 3.52. The molecule has 130 valence electrons. The molecule has 1 atom stereocenters. The number of hydrogen-bond acceptors (Lipinski definition) is 2. The lowest BCUT2D eigenvalue weighted by Crippen LogP contribution is -2.36. The minimum Gasteiger partial charge on any atom is -0.508 e. The fourth-order valence-corrected chi connectivity index (χ4v) is 3.52. The summed E-state index contributed by atoms with van der Waals surface area (Å²) in [5.41, 5.74) is 2.14. The van der Waals surface area contributed by atoms with Crippen molar-refractivity contribution in [2.24, 2.45) is 5.92 Å². The molecule has 1 N–H and O–H groups in total. The molecule has 0 radical (unpaired) electrons. The zero-order chi connectivity index (χ0) is 16.9. The monoisotopic (exact) mass is 318 g/mol. The molecule has 2 nitrogen and oxygen atoms in total. The Morgan fingerprint density at radius 3 is 2.70 bits per heavy atom. The van der Waals surface area contributed by atoms with Crippen LogP contribution in [-0.2, 0) is 12.8 Å². The normalized spacial score (nSPS) is 20.4. The SMILES string of the molecule is CCCCCc1cc(O)c2c(c1)OC(C)(CCCC(C)C)CC2. The smallest absolute Gasteiger partial charge is 0.127 e. The summed E-state index contributed by atoms with van der Waals surface area (Å²) < 4.78 is 6.37. The molecule has 23 heavy (non-hydrogen) atoms. The molecule has 1 aliphatic heterocycles. The predicted octanol–water partition coefficient (Wildman–Crippen LogP) is 6.03. The van der Waals surface area contributed by atoms with Crippen LogP contribution >= 0.6 is 0 Å². The van der Waals surface area contributed by atoms with Crippen molar-refractivity contribution < 1.29 is 9.84 Å². The standard InChI is InChI=1S/C21H34O2/c1-5-6-7-10-17-14-19(22)18-11-13-21(4,23-20(18)15-17)12-8-9-16(2)3/h14-16,22H,5-13H2,1-4H3. The zero-order valence-electron chi connectivity index (χ0n) is 15.5. The highest BCUT2D eigenvalue weighted by Gasteiger charge is 2.32. The van der Waals surface area contributed by atoms with Gasteiger partial charge in [0, 0.05) is 5.56 Å². The second-order valence-corrected chi connectivity index (χ2v) is 7.89. The van der Waals surface area contributed by atoms with Crippen LogP contribution in [0.3, 0.4) is 0 Å². The molecule has 0 aromatic heterocycles. The number of fused-ring (bicyclic) bond motifs is 1. The summed E-state index contributed by atoms with van der Waals surface area (Å²) in [7, 11) is 0. The Kier molecular flexibility index (Phi) is 6.38. The van der Waals surface area contributed by atoms with Gasteiger partial charge in [-0.15, -0.1) is 0 Å². The number of ether oxygens (including phenoxy) is 1. The first-order chi connectivity index (χ1) is 10.9. The van der Waals surface area contributed by atoms with Crippen LogP contribution in [0.1, 0.15) is 83.8 Å². The maximum atomic E-state index is 10.3. The number of phenolic OH excluding ortho intramolecular Hbond substituents is 1. The van der Waals surface area contributed by atoms with Gasteiger partial charge < -0.3 is 9.84 Å². The highest BCUT2D eigenvalue weighted by molar-refractivity contribution is 5.49. The number of phenols is 1. The van der Waals surface area contributed by atoms with Crippen molar-refractivity contribution in [2.75, 3.05) is 0 Å². The van der Waals surface area contributed by atoms with E-state index in [0.717, 1.165) is 42.9 Å². The fraction of sp³-hybridized carbons (Fsp3) is 0.714. The third-order valence-corrected chi connectivity index (χ3v) is 5.06. The maximum absolute atomic E-state index is 10.3. The van der Waals surface area contributed by atoms with Crippen molar-refractivity contribution in [1.29, 1.82) is 0 Å². The van der Waals surface area contributed by atoms with Crippen LogP contribution in [-0.4, -0.2) is 10.7 Å². The van der Waals surface area contributed by atoms with Gasteiger partial charge in [0.25, 0.3) is 0 Å². The molecule has 1 heterocycles. The Bertz CT molecular complexity index is 507.